The topological polar surface area (TPSA) is 104 Å². The van der Waals surface area contributed by atoms with E-state index < -0.39 is 0 Å². The molecule has 1 atom stereocenters. The molecule has 0 aliphatic rings. The Balaban J connectivity index is 1.63. The number of nitrogens with zero attached hydrogens (tertiary/aromatic N) is 5. The highest BCUT2D eigenvalue weighted by Gasteiger charge is 2.20. The lowest BCUT2D eigenvalue weighted by Crippen LogP contribution is -2.15. The second-order valence-corrected chi connectivity index (χ2v) is 8.19. The number of thioether (sulfide) groups is 1. The van der Waals surface area contributed by atoms with E-state index in [-0.39, 0.29) is 17.8 Å². The second kappa shape index (κ2) is 10.4. The zero-order chi connectivity index (χ0) is 21.5. The van der Waals surface area contributed by atoms with Gasteiger partial charge in [-0.15, -0.1) is 20.4 Å². The first kappa shape index (κ1) is 22.0. The van der Waals surface area contributed by atoms with Crippen LogP contribution >= 0.6 is 23.1 Å². The maximum Gasteiger partial charge on any atom is 0.236 e. The Bertz CT molecular complexity index is 990. The molecule has 2 heterocycles. The fourth-order valence-electron chi connectivity index (χ4n) is 2.70. The number of carbonyl (C=O) groups is 1. The molecule has 0 aliphatic heterocycles. The first-order chi connectivity index (χ1) is 14.5. The van der Waals surface area contributed by atoms with E-state index >= 15 is 0 Å². The average Bonchev–Trinajstić information content (AvgIpc) is 3.38. The van der Waals surface area contributed by atoms with Crippen molar-refractivity contribution in [3.05, 3.63) is 35.1 Å². The van der Waals surface area contributed by atoms with Gasteiger partial charge in [-0.1, -0.05) is 42.2 Å². The Morgan fingerprint density at radius 3 is 2.63 bits per heavy atom. The van der Waals surface area contributed by atoms with Gasteiger partial charge in [0.25, 0.3) is 0 Å². The van der Waals surface area contributed by atoms with Crippen LogP contribution in [0.5, 0.6) is 11.5 Å². The molecule has 0 bridgehead atoms. The van der Waals surface area contributed by atoms with Crippen molar-refractivity contribution in [1.29, 1.82) is 0 Å². The van der Waals surface area contributed by atoms with Crippen molar-refractivity contribution in [1.82, 2.24) is 25.0 Å². The van der Waals surface area contributed by atoms with Crippen LogP contribution in [-0.2, 0) is 17.8 Å². The third-order valence-corrected chi connectivity index (χ3v) is 6.10. The van der Waals surface area contributed by atoms with Crippen LogP contribution in [-0.4, -0.2) is 43.7 Å². The van der Waals surface area contributed by atoms with Gasteiger partial charge >= 0.3 is 0 Å². The molecule has 9 nitrogen and oxygen atoms in total. The van der Waals surface area contributed by atoms with Crippen molar-refractivity contribution in [3.63, 3.8) is 0 Å². The summed E-state index contributed by atoms with van der Waals surface area (Å²) in [5.74, 6) is 2.00. The highest BCUT2D eigenvalue weighted by atomic mass is 32.2. The molecule has 30 heavy (non-hydrogen) atoms. The third kappa shape index (κ3) is 5.28. The lowest BCUT2D eigenvalue weighted by atomic mass is 10.3. The third-order valence-electron chi connectivity index (χ3n) is 4.15. The molecule has 1 aromatic carbocycles. The van der Waals surface area contributed by atoms with Gasteiger partial charge < -0.3 is 14.0 Å². The Morgan fingerprint density at radius 1 is 1.20 bits per heavy atom. The van der Waals surface area contributed by atoms with Crippen molar-refractivity contribution in [3.8, 4) is 11.5 Å². The number of anilines is 1. The number of nitrogens with one attached hydrogen (secondary N) is 1. The summed E-state index contributed by atoms with van der Waals surface area (Å²) in [6.07, 6.45) is 0.450. The van der Waals surface area contributed by atoms with Crippen LogP contribution in [0.4, 0.5) is 5.13 Å². The predicted molar refractivity (Wildman–Crippen MR) is 116 cm³/mol. The molecule has 1 amide bonds. The lowest BCUT2D eigenvalue weighted by molar-refractivity contribution is -0.113. The van der Waals surface area contributed by atoms with Crippen LogP contribution in [0.15, 0.2) is 29.4 Å². The molecule has 1 unspecified atom stereocenters. The number of hydrogen-bond donors (Lipinski definition) is 1. The largest absolute Gasteiger partial charge is 0.493 e. The second-order valence-electron chi connectivity index (χ2n) is 6.19. The summed E-state index contributed by atoms with van der Waals surface area (Å²) in [5, 5.41) is 21.3. The summed E-state index contributed by atoms with van der Waals surface area (Å²) < 4.78 is 13.3. The van der Waals surface area contributed by atoms with Crippen molar-refractivity contribution < 1.29 is 14.3 Å². The number of methoxy groups -OCH3 is 1. The van der Waals surface area contributed by atoms with Crippen molar-refractivity contribution in [2.24, 2.45) is 0 Å². The van der Waals surface area contributed by atoms with E-state index in [1.165, 1.54) is 23.1 Å². The summed E-state index contributed by atoms with van der Waals surface area (Å²) in [5.41, 5.74) is 0. The van der Waals surface area contributed by atoms with Crippen molar-refractivity contribution >= 4 is 34.1 Å². The molecule has 2 aromatic heterocycles. The summed E-state index contributed by atoms with van der Waals surface area (Å²) in [7, 11) is 1.60. The number of amides is 1. The fourth-order valence-corrected chi connectivity index (χ4v) is 4.20. The van der Waals surface area contributed by atoms with Crippen LogP contribution in [0.1, 0.15) is 37.7 Å². The van der Waals surface area contributed by atoms with Crippen molar-refractivity contribution in [2.75, 3.05) is 18.2 Å². The highest BCUT2D eigenvalue weighted by Crippen LogP contribution is 2.31. The Labute approximate surface area is 183 Å². The van der Waals surface area contributed by atoms with E-state index in [9.17, 15) is 4.79 Å². The van der Waals surface area contributed by atoms with Gasteiger partial charge in [-0.2, -0.15) is 0 Å². The van der Waals surface area contributed by atoms with Gasteiger partial charge in [0.1, 0.15) is 5.01 Å². The van der Waals surface area contributed by atoms with Gasteiger partial charge in [-0.05, 0) is 32.4 Å². The van der Waals surface area contributed by atoms with E-state index in [1.807, 2.05) is 49.6 Å². The summed E-state index contributed by atoms with van der Waals surface area (Å²) in [4.78, 5) is 12.2. The smallest absolute Gasteiger partial charge is 0.236 e. The van der Waals surface area contributed by atoms with Crippen molar-refractivity contribution in [2.45, 2.75) is 45.0 Å². The minimum atomic E-state index is -0.342. The number of carbonyl (C=O) groups excluding carboxylic acids is 1. The van der Waals surface area contributed by atoms with Crippen LogP contribution in [0.2, 0.25) is 0 Å². The Kier molecular flexibility index (Phi) is 7.63. The summed E-state index contributed by atoms with van der Waals surface area (Å²) in [6.45, 7) is 6.56. The normalized spacial score (nSPS) is 11.9. The van der Waals surface area contributed by atoms with E-state index in [4.69, 9.17) is 9.47 Å². The first-order valence-corrected chi connectivity index (χ1v) is 11.3. The van der Waals surface area contributed by atoms with E-state index in [0.29, 0.717) is 34.2 Å². The maximum absolute atomic E-state index is 12.2. The zero-order valence-electron chi connectivity index (χ0n) is 17.3. The Hall–Kier alpha value is -2.66. The number of hydrogen-bond acceptors (Lipinski definition) is 9. The zero-order valence-corrected chi connectivity index (χ0v) is 18.9. The molecular formula is C19H24N6O3S2. The van der Waals surface area contributed by atoms with Gasteiger partial charge in [0, 0.05) is 6.54 Å². The first-order valence-electron chi connectivity index (χ1n) is 9.53. The highest BCUT2D eigenvalue weighted by molar-refractivity contribution is 7.99. The SMILES string of the molecule is CCc1nnc(NC(=O)CSc2nnc(C(C)Oc3ccccc3OC)n2CC)s1. The fraction of sp³-hybridized carbons (Fsp3) is 0.421. The van der Waals surface area contributed by atoms with E-state index in [0.717, 1.165) is 11.4 Å². The molecule has 0 aliphatic carbocycles. The molecule has 3 rings (SSSR count). The molecular weight excluding hydrogens is 424 g/mol. The van der Waals surface area contributed by atoms with Gasteiger partial charge in [0.2, 0.25) is 11.0 Å². The molecule has 11 heteroatoms. The molecule has 0 fully saturated rings. The van der Waals surface area contributed by atoms with Gasteiger partial charge in [-0.25, -0.2) is 0 Å². The number of benzene rings is 1. The Morgan fingerprint density at radius 2 is 1.97 bits per heavy atom. The molecule has 0 spiro atoms. The quantitative estimate of drug-likeness (QED) is 0.469. The molecule has 1 N–H and O–H groups in total. The number of ether oxygens (including phenoxy) is 2. The lowest BCUT2D eigenvalue weighted by Gasteiger charge is -2.17. The predicted octanol–water partition coefficient (Wildman–Crippen LogP) is 3.59. The summed E-state index contributed by atoms with van der Waals surface area (Å²) in [6, 6.07) is 7.46. The molecule has 0 radical (unpaired) electrons. The van der Waals surface area contributed by atoms with E-state index in [2.05, 4.69) is 25.7 Å². The molecule has 0 saturated carbocycles. The minimum Gasteiger partial charge on any atom is -0.493 e. The minimum absolute atomic E-state index is 0.163. The molecule has 3 aromatic rings. The number of rotatable bonds is 10. The van der Waals surface area contributed by atoms with E-state index in [1.54, 1.807) is 7.11 Å². The number of para-hydroxylation sites is 2. The van der Waals surface area contributed by atoms with Gasteiger partial charge in [-0.3, -0.25) is 10.1 Å². The molecule has 160 valence electrons. The standard InChI is InChI=1S/C19H24N6O3S2/c1-5-16-21-23-18(30-16)20-15(26)11-29-19-24-22-17(25(19)6-2)12(3)28-14-10-8-7-9-13(14)27-4/h7-10,12H,5-6,11H2,1-4H3,(H,20,23,26). The maximum atomic E-state index is 12.2. The summed E-state index contributed by atoms with van der Waals surface area (Å²) >= 11 is 2.70. The number of aromatic nitrogens is 5. The number of aryl methyl sites for hydroxylation is 1. The van der Waals surface area contributed by atoms with Gasteiger partial charge in [0.05, 0.1) is 12.9 Å². The van der Waals surface area contributed by atoms with Crippen LogP contribution < -0.4 is 14.8 Å². The van der Waals surface area contributed by atoms with Crippen LogP contribution in [0, 0.1) is 0 Å². The van der Waals surface area contributed by atoms with Crippen LogP contribution in [0.25, 0.3) is 0 Å². The monoisotopic (exact) mass is 448 g/mol. The average molecular weight is 449 g/mol. The van der Waals surface area contributed by atoms with Gasteiger partial charge in [0.15, 0.2) is 28.6 Å². The molecule has 0 saturated heterocycles. The van der Waals surface area contributed by atoms with Crippen LogP contribution in [0.3, 0.4) is 0 Å².